The Morgan fingerprint density at radius 3 is 2.71 bits per heavy atom. The van der Waals surface area contributed by atoms with E-state index in [9.17, 15) is 15.0 Å². The van der Waals surface area contributed by atoms with Gasteiger partial charge in [-0.05, 0) is 50.4 Å². The first kappa shape index (κ1) is 20.9. The molecule has 0 saturated heterocycles. The quantitative estimate of drug-likeness (QED) is 0.370. The fraction of sp³-hybridized carbons (Fsp3) is 0.750. The zero-order valence-electron chi connectivity index (χ0n) is 14.9. The van der Waals surface area contributed by atoms with Gasteiger partial charge in [-0.15, -0.1) is 0 Å². The number of aliphatic hydroxyl groups is 2. The molecule has 0 amide bonds. The maximum atomic E-state index is 10.5. The van der Waals surface area contributed by atoms with Gasteiger partial charge in [-0.3, -0.25) is 4.79 Å². The minimum absolute atomic E-state index is 0.206. The summed E-state index contributed by atoms with van der Waals surface area (Å²) in [5.74, 6) is -0.221. The maximum absolute atomic E-state index is 10.5. The van der Waals surface area contributed by atoms with Crippen molar-refractivity contribution in [3.8, 4) is 0 Å². The summed E-state index contributed by atoms with van der Waals surface area (Å²) < 4.78 is 0. The van der Waals surface area contributed by atoms with Crippen molar-refractivity contribution in [2.24, 2.45) is 11.8 Å². The van der Waals surface area contributed by atoms with Gasteiger partial charge in [0.05, 0.1) is 12.2 Å². The Morgan fingerprint density at radius 2 is 2.00 bits per heavy atom. The highest BCUT2D eigenvalue weighted by Crippen LogP contribution is 2.36. The lowest BCUT2D eigenvalue weighted by molar-refractivity contribution is -0.137. The molecule has 0 spiro atoms. The Kier molecular flexibility index (Phi) is 10.7. The first-order valence-electron chi connectivity index (χ1n) is 9.45. The summed E-state index contributed by atoms with van der Waals surface area (Å²) in [7, 11) is 0. The molecule has 1 fully saturated rings. The predicted molar refractivity (Wildman–Crippen MR) is 96.8 cm³/mol. The second-order valence-electron chi connectivity index (χ2n) is 6.91. The molecule has 4 heteroatoms. The first-order chi connectivity index (χ1) is 11.5. The average Bonchev–Trinajstić information content (AvgIpc) is 2.89. The molecule has 1 rings (SSSR count). The molecule has 0 aromatic heterocycles. The van der Waals surface area contributed by atoms with E-state index in [1.807, 2.05) is 12.2 Å². The number of hydrogen-bond acceptors (Lipinski definition) is 3. The summed E-state index contributed by atoms with van der Waals surface area (Å²) in [6.45, 7) is 2.15. The molecule has 4 unspecified atom stereocenters. The van der Waals surface area contributed by atoms with Crippen LogP contribution in [0.15, 0.2) is 24.3 Å². The molecule has 1 aliphatic carbocycles. The molecular weight excluding hydrogens is 304 g/mol. The van der Waals surface area contributed by atoms with E-state index in [2.05, 4.69) is 19.1 Å². The van der Waals surface area contributed by atoms with Gasteiger partial charge in [-0.25, -0.2) is 0 Å². The van der Waals surface area contributed by atoms with Crippen molar-refractivity contribution in [1.82, 2.24) is 0 Å². The first-order valence-corrected chi connectivity index (χ1v) is 9.45. The van der Waals surface area contributed by atoms with Crippen LogP contribution in [0.5, 0.6) is 0 Å². The van der Waals surface area contributed by atoms with Crippen molar-refractivity contribution >= 4 is 5.97 Å². The van der Waals surface area contributed by atoms with Crippen molar-refractivity contribution in [3.63, 3.8) is 0 Å². The van der Waals surface area contributed by atoms with Crippen LogP contribution in [-0.4, -0.2) is 33.5 Å². The number of carboxylic acid groups (broad SMARTS) is 1. The van der Waals surface area contributed by atoms with E-state index in [-0.39, 0.29) is 24.5 Å². The number of unbranched alkanes of at least 4 members (excludes halogenated alkanes) is 3. The lowest BCUT2D eigenvalue weighted by Crippen LogP contribution is -2.17. The van der Waals surface area contributed by atoms with Crippen molar-refractivity contribution in [2.45, 2.75) is 83.3 Å². The summed E-state index contributed by atoms with van der Waals surface area (Å²) in [6, 6.07) is 0. The van der Waals surface area contributed by atoms with Crippen LogP contribution in [-0.2, 0) is 4.79 Å². The minimum atomic E-state index is -0.752. The zero-order valence-corrected chi connectivity index (χ0v) is 14.9. The Balaban J connectivity index is 2.35. The van der Waals surface area contributed by atoms with Crippen LogP contribution in [0.3, 0.4) is 0 Å². The molecule has 0 aliphatic heterocycles. The van der Waals surface area contributed by atoms with Crippen LogP contribution in [0, 0.1) is 11.8 Å². The molecule has 138 valence electrons. The minimum Gasteiger partial charge on any atom is -0.481 e. The molecule has 1 saturated carbocycles. The van der Waals surface area contributed by atoms with Crippen LogP contribution in [0.2, 0.25) is 0 Å². The van der Waals surface area contributed by atoms with E-state index in [4.69, 9.17) is 5.11 Å². The van der Waals surface area contributed by atoms with Crippen LogP contribution >= 0.6 is 0 Å². The highest BCUT2D eigenvalue weighted by Gasteiger charge is 2.32. The molecule has 0 aromatic rings. The highest BCUT2D eigenvalue weighted by molar-refractivity contribution is 5.66. The third kappa shape index (κ3) is 8.65. The van der Waals surface area contributed by atoms with Gasteiger partial charge in [0.2, 0.25) is 0 Å². The van der Waals surface area contributed by atoms with Crippen LogP contribution in [0.25, 0.3) is 0 Å². The fourth-order valence-electron chi connectivity index (χ4n) is 3.36. The zero-order chi connectivity index (χ0) is 17.8. The number of carboxylic acids is 1. The van der Waals surface area contributed by atoms with Gasteiger partial charge in [-0.2, -0.15) is 0 Å². The van der Waals surface area contributed by atoms with Crippen molar-refractivity contribution in [2.75, 3.05) is 0 Å². The Bertz CT molecular complexity index is 402. The lowest BCUT2D eigenvalue weighted by Gasteiger charge is -2.18. The van der Waals surface area contributed by atoms with Crippen LogP contribution in [0.1, 0.15) is 71.1 Å². The van der Waals surface area contributed by atoms with Gasteiger partial charge in [0.15, 0.2) is 0 Å². The molecular formula is C20H34O4. The SMILES string of the molecule is CCCCCC(O)C=CC1CCC(O)C1CC=CCCCC(=O)O. The number of rotatable bonds is 12. The standard InChI is InChI=1S/C20H34O4/c1-2-3-6-9-17(21)14-12-16-13-15-19(22)18(16)10-7-4-5-8-11-20(23)24/h4,7,12,14,16-19,21-22H,2-3,5-6,8-11,13,15H2,1H3,(H,23,24). The van der Waals surface area contributed by atoms with E-state index < -0.39 is 5.97 Å². The summed E-state index contributed by atoms with van der Waals surface area (Å²) in [6.07, 6.45) is 15.9. The van der Waals surface area contributed by atoms with E-state index >= 15 is 0 Å². The normalized spacial score (nSPS) is 25.7. The number of allylic oxidation sites excluding steroid dienone is 3. The Labute approximate surface area is 146 Å². The van der Waals surface area contributed by atoms with Gasteiger partial charge in [0, 0.05) is 6.42 Å². The molecule has 0 heterocycles. The third-order valence-electron chi connectivity index (χ3n) is 4.86. The van der Waals surface area contributed by atoms with Gasteiger partial charge >= 0.3 is 5.97 Å². The van der Waals surface area contributed by atoms with E-state index in [1.54, 1.807) is 0 Å². The van der Waals surface area contributed by atoms with Crippen LogP contribution < -0.4 is 0 Å². The average molecular weight is 338 g/mol. The second kappa shape index (κ2) is 12.3. The summed E-state index contributed by atoms with van der Waals surface area (Å²) in [5.41, 5.74) is 0. The molecule has 4 atom stereocenters. The van der Waals surface area contributed by atoms with E-state index in [0.29, 0.717) is 12.3 Å². The monoisotopic (exact) mass is 338 g/mol. The van der Waals surface area contributed by atoms with E-state index in [1.165, 1.54) is 0 Å². The van der Waals surface area contributed by atoms with E-state index in [0.717, 1.165) is 51.4 Å². The summed E-state index contributed by atoms with van der Waals surface area (Å²) in [5, 5.41) is 28.8. The Morgan fingerprint density at radius 1 is 1.21 bits per heavy atom. The maximum Gasteiger partial charge on any atom is 0.303 e. The molecule has 24 heavy (non-hydrogen) atoms. The van der Waals surface area contributed by atoms with Gasteiger partial charge < -0.3 is 15.3 Å². The molecule has 1 aliphatic rings. The van der Waals surface area contributed by atoms with Crippen LogP contribution in [0.4, 0.5) is 0 Å². The molecule has 0 aromatic carbocycles. The second-order valence-corrected chi connectivity index (χ2v) is 6.91. The summed E-state index contributed by atoms with van der Waals surface area (Å²) in [4.78, 5) is 10.5. The van der Waals surface area contributed by atoms with Gasteiger partial charge in [0.1, 0.15) is 0 Å². The molecule has 0 radical (unpaired) electrons. The Hall–Kier alpha value is -1.13. The van der Waals surface area contributed by atoms with Gasteiger partial charge in [0.25, 0.3) is 0 Å². The van der Waals surface area contributed by atoms with Gasteiger partial charge in [-0.1, -0.05) is 50.5 Å². The number of aliphatic hydroxyl groups excluding tert-OH is 2. The number of carbonyl (C=O) groups is 1. The lowest BCUT2D eigenvalue weighted by atomic mass is 9.90. The van der Waals surface area contributed by atoms with Crippen molar-refractivity contribution in [1.29, 1.82) is 0 Å². The molecule has 0 bridgehead atoms. The van der Waals surface area contributed by atoms with Crippen molar-refractivity contribution < 1.29 is 20.1 Å². The number of hydrogen-bond donors (Lipinski definition) is 3. The highest BCUT2D eigenvalue weighted by atomic mass is 16.4. The largest absolute Gasteiger partial charge is 0.481 e. The molecule has 3 N–H and O–H groups in total. The predicted octanol–water partition coefficient (Wildman–Crippen LogP) is 4.07. The summed E-state index contributed by atoms with van der Waals surface area (Å²) >= 11 is 0. The number of aliphatic carboxylic acids is 1. The third-order valence-corrected chi connectivity index (χ3v) is 4.86. The smallest absolute Gasteiger partial charge is 0.303 e. The molecule has 4 nitrogen and oxygen atoms in total. The fourth-order valence-corrected chi connectivity index (χ4v) is 3.36. The van der Waals surface area contributed by atoms with Crippen molar-refractivity contribution in [3.05, 3.63) is 24.3 Å². The topological polar surface area (TPSA) is 77.8 Å².